The van der Waals surface area contributed by atoms with Crippen molar-refractivity contribution in [3.05, 3.63) is 82.6 Å². The molecule has 1 aromatic heterocycles. The number of nitrogens with zero attached hydrogens (tertiary/aromatic N) is 1. The minimum atomic E-state index is -0.0576. The molecule has 0 bridgehead atoms. The van der Waals surface area contributed by atoms with Crippen LogP contribution in [0, 0.1) is 0 Å². The molecule has 0 saturated heterocycles. The number of hydrogen-bond donors (Lipinski definition) is 0. The number of ether oxygens (including phenoxy) is 1. The molecule has 0 spiro atoms. The fraction of sp³-hybridized carbons (Fsp3) is 0.105. The molecule has 0 fully saturated rings. The lowest BCUT2D eigenvalue weighted by Crippen LogP contribution is -2.26. The van der Waals surface area contributed by atoms with Crippen LogP contribution in [0.5, 0.6) is 5.75 Å². The first-order chi connectivity index (χ1) is 11.2. The van der Waals surface area contributed by atoms with Gasteiger partial charge in [-0.1, -0.05) is 30.3 Å². The normalized spacial score (nSPS) is 10.3. The van der Waals surface area contributed by atoms with Gasteiger partial charge in [0.05, 0.1) is 0 Å². The number of amides is 1. The van der Waals surface area contributed by atoms with Gasteiger partial charge >= 0.3 is 0 Å². The Kier molecular flexibility index (Phi) is 4.74. The molecule has 0 N–H and O–H groups in total. The molecule has 23 heavy (non-hydrogen) atoms. The van der Waals surface area contributed by atoms with Crippen LogP contribution < -0.4 is 9.64 Å². The Morgan fingerprint density at radius 1 is 1.04 bits per heavy atom. The van der Waals surface area contributed by atoms with E-state index < -0.39 is 0 Å². The Morgan fingerprint density at radius 3 is 2.61 bits per heavy atom. The van der Waals surface area contributed by atoms with Gasteiger partial charge in [-0.3, -0.25) is 4.79 Å². The maximum atomic E-state index is 12.6. The molecular formula is C19H17NO2S. The van der Waals surface area contributed by atoms with Crippen molar-refractivity contribution in [1.82, 2.24) is 0 Å². The summed E-state index contributed by atoms with van der Waals surface area (Å²) < 4.78 is 5.77. The van der Waals surface area contributed by atoms with Gasteiger partial charge in [-0.05, 0) is 41.8 Å². The van der Waals surface area contributed by atoms with E-state index in [0.29, 0.717) is 17.9 Å². The van der Waals surface area contributed by atoms with Crippen LogP contribution in [0.3, 0.4) is 0 Å². The summed E-state index contributed by atoms with van der Waals surface area (Å²) >= 11 is 1.65. The second kappa shape index (κ2) is 7.11. The van der Waals surface area contributed by atoms with E-state index in [4.69, 9.17) is 4.74 Å². The lowest BCUT2D eigenvalue weighted by Gasteiger charge is -2.17. The number of carbonyl (C=O) groups excluding carboxylic acids is 1. The van der Waals surface area contributed by atoms with E-state index in [1.807, 2.05) is 60.0 Å². The summed E-state index contributed by atoms with van der Waals surface area (Å²) in [6.07, 6.45) is 0. The van der Waals surface area contributed by atoms with Crippen LogP contribution in [0.15, 0.2) is 72.1 Å². The second-order valence-corrected chi connectivity index (χ2v) is 6.13. The molecule has 0 aliphatic rings. The number of benzene rings is 2. The van der Waals surface area contributed by atoms with E-state index in [0.717, 1.165) is 10.6 Å². The number of anilines is 1. The summed E-state index contributed by atoms with van der Waals surface area (Å²) in [5.74, 6) is 0.642. The molecule has 116 valence electrons. The van der Waals surface area contributed by atoms with Crippen molar-refractivity contribution in [3.63, 3.8) is 0 Å². The second-order valence-electron chi connectivity index (χ2n) is 5.10. The molecule has 0 aliphatic carbocycles. The number of para-hydroxylation sites is 1. The van der Waals surface area contributed by atoms with Gasteiger partial charge < -0.3 is 9.64 Å². The summed E-state index contributed by atoms with van der Waals surface area (Å²) in [6, 6.07) is 20.9. The summed E-state index contributed by atoms with van der Waals surface area (Å²) in [5.41, 5.74) is 1.47. The molecule has 0 atom stereocenters. The molecule has 3 nitrogen and oxygen atoms in total. The summed E-state index contributed by atoms with van der Waals surface area (Å²) in [6.45, 7) is 0.518. The minimum absolute atomic E-state index is 0.0576. The van der Waals surface area contributed by atoms with E-state index in [2.05, 4.69) is 0 Å². The predicted molar refractivity (Wildman–Crippen MR) is 94.3 cm³/mol. The molecule has 4 heteroatoms. The Hall–Kier alpha value is -2.59. The van der Waals surface area contributed by atoms with Crippen LogP contribution in [-0.4, -0.2) is 13.0 Å². The number of rotatable bonds is 5. The Bertz CT molecular complexity index is 769. The van der Waals surface area contributed by atoms with Gasteiger partial charge in [0.1, 0.15) is 12.4 Å². The number of carbonyl (C=O) groups is 1. The van der Waals surface area contributed by atoms with E-state index >= 15 is 0 Å². The van der Waals surface area contributed by atoms with Gasteiger partial charge in [0.25, 0.3) is 5.91 Å². The van der Waals surface area contributed by atoms with Crippen molar-refractivity contribution in [2.75, 3.05) is 11.9 Å². The summed E-state index contributed by atoms with van der Waals surface area (Å²) in [4.78, 5) is 15.4. The standard InChI is InChI=1S/C19H17NO2S/c1-20(16-8-3-2-4-9-16)19(21)15-7-5-10-17(13-15)22-14-18-11-6-12-23-18/h2-13H,14H2,1H3. The van der Waals surface area contributed by atoms with E-state index in [-0.39, 0.29) is 5.91 Å². The Morgan fingerprint density at radius 2 is 1.87 bits per heavy atom. The summed E-state index contributed by atoms with van der Waals surface area (Å²) in [7, 11) is 1.77. The molecule has 0 saturated carbocycles. The molecule has 0 unspecified atom stereocenters. The predicted octanol–water partition coefficient (Wildman–Crippen LogP) is 4.60. The monoisotopic (exact) mass is 323 g/mol. The largest absolute Gasteiger partial charge is 0.488 e. The molecule has 2 aromatic carbocycles. The van der Waals surface area contributed by atoms with Crippen LogP contribution in [0.1, 0.15) is 15.2 Å². The van der Waals surface area contributed by atoms with Crippen LogP contribution >= 0.6 is 11.3 Å². The first-order valence-electron chi connectivity index (χ1n) is 7.32. The van der Waals surface area contributed by atoms with Crippen molar-refractivity contribution in [3.8, 4) is 5.75 Å². The molecule has 1 amide bonds. The van der Waals surface area contributed by atoms with Crippen LogP contribution in [0.4, 0.5) is 5.69 Å². The van der Waals surface area contributed by atoms with E-state index in [1.54, 1.807) is 35.4 Å². The van der Waals surface area contributed by atoms with Gasteiger partial charge in [-0.15, -0.1) is 11.3 Å². The highest BCUT2D eigenvalue weighted by Crippen LogP contribution is 2.20. The fourth-order valence-electron chi connectivity index (χ4n) is 2.23. The highest BCUT2D eigenvalue weighted by Gasteiger charge is 2.13. The van der Waals surface area contributed by atoms with Crippen molar-refractivity contribution >= 4 is 22.9 Å². The zero-order chi connectivity index (χ0) is 16.1. The SMILES string of the molecule is CN(C(=O)c1cccc(OCc2cccs2)c1)c1ccccc1. The topological polar surface area (TPSA) is 29.5 Å². The maximum Gasteiger partial charge on any atom is 0.258 e. The van der Waals surface area contributed by atoms with Crippen molar-refractivity contribution in [2.45, 2.75) is 6.61 Å². The van der Waals surface area contributed by atoms with E-state index in [9.17, 15) is 4.79 Å². The Labute approximate surface area is 139 Å². The average molecular weight is 323 g/mol. The third kappa shape index (κ3) is 3.79. The average Bonchev–Trinajstić information content (AvgIpc) is 3.13. The highest BCUT2D eigenvalue weighted by molar-refractivity contribution is 7.09. The van der Waals surface area contributed by atoms with Gasteiger partial charge in [0.15, 0.2) is 0 Å². The zero-order valence-electron chi connectivity index (χ0n) is 12.8. The van der Waals surface area contributed by atoms with Gasteiger partial charge in [-0.2, -0.15) is 0 Å². The quantitative estimate of drug-likeness (QED) is 0.686. The molecular weight excluding hydrogens is 306 g/mol. The first-order valence-corrected chi connectivity index (χ1v) is 8.20. The number of hydrogen-bond acceptors (Lipinski definition) is 3. The van der Waals surface area contributed by atoms with Crippen molar-refractivity contribution in [1.29, 1.82) is 0 Å². The lowest BCUT2D eigenvalue weighted by atomic mass is 10.2. The highest BCUT2D eigenvalue weighted by atomic mass is 32.1. The van der Waals surface area contributed by atoms with Gasteiger partial charge in [-0.25, -0.2) is 0 Å². The summed E-state index contributed by atoms with van der Waals surface area (Å²) in [5, 5.41) is 2.02. The smallest absolute Gasteiger partial charge is 0.258 e. The van der Waals surface area contributed by atoms with Crippen LogP contribution in [-0.2, 0) is 6.61 Å². The zero-order valence-corrected chi connectivity index (χ0v) is 13.6. The molecule has 0 aliphatic heterocycles. The van der Waals surface area contributed by atoms with Crippen molar-refractivity contribution in [2.24, 2.45) is 0 Å². The van der Waals surface area contributed by atoms with Crippen LogP contribution in [0.25, 0.3) is 0 Å². The Balaban J connectivity index is 1.72. The third-order valence-electron chi connectivity index (χ3n) is 3.49. The third-order valence-corrected chi connectivity index (χ3v) is 4.34. The maximum absolute atomic E-state index is 12.6. The van der Waals surface area contributed by atoms with Crippen molar-refractivity contribution < 1.29 is 9.53 Å². The van der Waals surface area contributed by atoms with E-state index in [1.165, 1.54) is 0 Å². The molecule has 1 heterocycles. The van der Waals surface area contributed by atoms with Gasteiger partial charge in [0, 0.05) is 23.2 Å². The minimum Gasteiger partial charge on any atom is -0.488 e. The number of thiophene rings is 1. The van der Waals surface area contributed by atoms with Gasteiger partial charge in [0.2, 0.25) is 0 Å². The lowest BCUT2D eigenvalue weighted by molar-refractivity contribution is 0.0992. The fourth-order valence-corrected chi connectivity index (χ4v) is 2.85. The van der Waals surface area contributed by atoms with Crippen LogP contribution in [0.2, 0.25) is 0 Å². The molecule has 0 radical (unpaired) electrons. The molecule has 3 rings (SSSR count). The first kappa shape index (κ1) is 15.3. The molecule has 3 aromatic rings.